The number of nitrogens with two attached hydrogens (primary N) is 2. The molecule has 170 valence electrons. The van der Waals surface area contributed by atoms with Crippen LogP contribution in [-0.4, -0.2) is 25.8 Å². The molecule has 6 heteroatoms. The molecule has 4 aromatic carbocycles. The number of rotatable bonds is 7. The molecule has 0 aliphatic heterocycles. The van der Waals surface area contributed by atoms with Crippen LogP contribution in [0.1, 0.15) is 31.8 Å². The van der Waals surface area contributed by atoms with E-state index in [1.165, 1.54) is 0 Å². The summed E-state index contributed by atoms with van der Waals surface area (Å²) in [6.07, 6.45) is 0. The SMILES string of the molecule is COc1ccc(C(=O)c2cc(-c3ccc(N)c(C(=O)c4ccc(OC)cc4)c3)ccc2N)cc1. The summed E-state index contributed by atoms with van der Waals surface area (Å²) in [6.45, 7) is 0. The molecule has 0 spiro atoms. The van der Waals surface area contributed by atoms with Crippen molar-refractivity contribution in [3.63, 3.8) is 0 Å². The van der Waals surface area contributed by atoms with Gasteiger partial charge in [0.15, 0.2) is 11.6 Å². The van der Waals surface area contributed by atoms with Crippen LogP contribution in [0.15, 0.2) is 84.9 Å². The summed E-state index contributed by atoms with van der Waals surface area (Å²) in [5.41, 5.74) is 16.2. The smallest absolute Gasteiger partial charge is 0.195 e. The van der Waals surface area contributed by atoms with Crippen molar-refractivity contribution in [2.24, 2.45) is 0 Å². The van der Waals surface area contributed by atoms with Crippen molar-refractivity contribution in [2.45, 2.75) is 0 Å². The van der Waals surface area contributed by atoms with Gasteiger partial charge in [-0.3, -0.25) is 9.59 Å². The Morgan fingerprint density at radius 1 is 0.559 bits per heavy atom. The van der Waals surface area contributed by atoms with Gasteiger partial charge in [-0.25, -0.2) is 0 Å². The minimum atomic E-state index is -0.202. The third-order valence-corrected chi connectivity index (χ3v) is 5.63. The fourth-order valence-corrected chi connectivity index (χ4v) is 3.66. The number of carbonyl (C=O) groups is 2. The summed E-state index contributed by atoms with van der Waals surface area (Å²) < 4.78 is 10.3. The highest BCUT2D eigenvalue weighted by Gasteiger charge is 2.17. The van der Waals surface area contributed by atoms with E-state index in [1.54, 1.807) is 87.0 Å². The van der Waals surface area contributed by atoms with Crippen LogP contribution in [0.2, 0.25) is 0 Å². The summed E-state index contributed by atoms with van der Waals surface area (Å²) in [5.74, 6) is 0.919. The van der Waals surface area contributed by atoms with E-state index in [2.05, 4.69) is 0 Å². The normalized spacial score (nSPS) is 10.5. The van der Waals surface area contributed by atoms with Gasteiger partial charge in [0.25, 0.3) is 0 Å². The van der Waals surface area contributed by atoms with E-state index >= 15 is 0 Å². The average molecular weight is 453 g/mol. The van der Waals surface area contributed by atoms with Gasteiger partial charge < -0.3 is 20.9 Å². The lowest BCUT2D eigenvalue weighted by atomic mass is 9.94. The van der Waals surface area contributed by atoms with Gasteiger partial charge in [-0.1, -0.05) is 12.1 Å². The van der Waals surface area contributed by atoms with Gasteiger partial charge in [0.2, 0.25) is 0 Å². The Labute approximate surface area is 197 Å². The lowest BCUT2D eigenvalue weighted by Gasteiger charge is -2.12. The van der Waals surface area contributed by atoms with Gasteiger partial charge in [0, 0.05) is 33.6 Å². The van der Waals surface area contributed by atoms with Crippen molar-refractivity contribution >= 4 is 22.9 Å². The molecule has 0 unspecified atom stereocenters. The van der Waals surface area contributed by atoms with Gasteiger partial charge >= 0.3 is 0 Å². The molecule has 0 aliphatic carbocycles. The Balaban J connectivity index is 1.69. The van der Waals surface area contributed by atoms with E-state index < -0.39 is 0 Å². The fraction of sp³-hybridized carbons (Fsp3) is 0.0714. The van der Waals surface area contributed by atoms with Crippen molar-refractivity contribution in [3.05, 3.63) is 107 Å². The minimum Gasteiger partial charge on any atom is -0.497 e. The molecule has 34 heavy (non-hydrogen) atoms. The maximum atomic E-state index is 13.1. The van der Waals surface area contributed by atoms with Crippen LogP contribution < -0.4 is 20.9 Å². The standard InChI is InChI=1S/C28H24N2O4/c1-33-21-9-3-17(4-10-21)27(31)23-15-19(7-13-25(23)29)20-8-14-26(30)24(16-20)28(32)18-5-11-22(34-2)12-6-18/h3-16H,29-30H2,1-2H3. The van der Waals surface area contributed by atoms with Crippen molar-refractivity contribution < 1.29 is 19.1 Å². The van der Waals surface area contributed by atoms with Crippen LogP contribution in [0.25, 0.3) is 11.1 Å². The van der Waals surface area contributed by atoms with Crippen LogP contribution in [0.5, 0.6) is 11.5 Å². The number of ketones is 2. The second-order valence-electron chi connectivity index (χ2n) is 7.72. The van der Waals surface area contributed by atoms with Gasteiger partial charge in [-0.2, -0.15) is 0 Å². The van der Waals surface area contributed by atoms with Gasteiger partial charge in [-0.15, -0.1) is 0 Å². The molecule has 0 heterocycles. The summed E-state index contributed by atoms with van der Waals surface area (Å²) in [7, 11) is 3.14. The maximum absolute atomic E-state index is 13.1. The van der Waals surface area contributed by atoms with Crippen molar-refractivity contribution in [3.8, 4) is 22.6 Å². The molecule has 0 radical (unpaired) electrons. The zero-order valence-electron chi connectivity index (χ0n) is 18.9. The summed E-state index contributed by atoms with van der Waals surface area (Å²) in [5, 5.41) is 0. The predicted octanol–water partition coefficient (Wildman–Crippen LogP) is 5.00. The van der Waals surface area contributed by atoms with E-state index in [0.717, 1.165) is 11.1 Å². The van der Waals surface area contributed by atoms with Crippen molar-refractivity contribution in [2.75, 3.05) is 25.7 Å². The Kier molecular flexibility index (Phi) is 6.32. The number of carbonyl (C=O) groups excluding carboxylic acids is 2. The Morgan fingerprint density at radius 2 is 0.912 bits per heavy atom. The largest absolute Gasteiger partial charge is 0.497 e. The Morgan fingerprint density at radius 3 is 1.24 bits per heavy atom. The predicted molar refractivity (Wildman–Crippen MR) is 134 cm³/mol. The lowest BCUT2D eigenvalue weighted by molar-refractivity contribution is 0.103. The van der Waals surface area contributed by atoms with Gasteiger partial charge in [0.05, 0.1) is 14.2 Å². The monoisotopic (exact) mass is 452 g/mol. The first-order valence-electron chi connectivity index (χ1n) is 10.6. The number of anilines is 2. The average Bonchev–Trinajstić information content (AvgIpc) is 2.88. The van der Waals surface area contributed by atoms with Crippen LogP contribution in [0, 0.1) is 0 Å². The quantitative estimate of drug-likeness (QED) is 0.302. The topological polar surface area (TPSA) is 105 Å². The fourth-order valence-electron chi connectivity index (χ4n) is 3.66. The first kappa shape index (κ1) is 22.6. The first-order valence-corrected chi connectivity index (χ1v) is 10.6. The number of hydrogen-bond acceptors (Lipinski definition) is 6. The van der Waals surface area contributed by atoms with Crippen molar-refractivity contribution in [1.29, 1.82) is 0 Å². The van der Waals surface area contributed by atoms with E-state index in [0.29, 0.717) is 45.1 Å². The molecule has 0 aromatic heterocycles. The summed E-state index contributed by atoms with van der Waals surface area (Å²) in [6, 6.07) is 24.2. The van der Waals surface area contributed by atoms with E-state index in [4.69, 9.17) is 20.9 Å². The first-order chi connectivity index (χ1) is 16.4. The minimum absolute atomic E-state index is 0.202. The molecule has 0 fully saturated rings. The molecule has 4 aromatic rings. The second-order valence-corrected chi connectivity index (χ2v) is 7.72. The molecule has 4 rings (SSSR count). The molecular formula is C28H24N2O4. The molecule has 0 saturated carbocycles. The lowest BCUT2D eigenvalue weighted by Crippen LogP contribution is -2.07. The molecule has 0 atom stereocenters. The molecule has 4 N–H and O–H groups in total. The molecule has 0 saturated heterocycles. The van der Waals surface area contributed by atoms with Crippen LogP contribution in [0.3, 0.4) is 0 Å². The molecule has 0 amide bonds. The summed E-state index contributed by atoms with van der Waals surface area (Å²) >= 11 is 0. The van der Waals surface area contributed by atoms with E-state index in [9.17, 15) is 9.59 Å². The van der Waals surface area contributed by atoms with Crippen LogP contribution in [0.4, 0.5) is 11.4 Å². The third kappa shape index (κ3) is 4.47. The molecular weight excluding hydrogens is 428 g/mol. The third-order valence-electron chi connectivity index (χ3n) is 5.63. The highest BCUT2D eigenvalue weighted by Crippen LogP contribution is 2.29. The van der Waals surface area contributed by atoms with Gasteiger partial charge in [0.1, 0.15) is 11.5 Å². The zero-order valence-corrected chi connectivity index (χ0v) is 18.9. The maximum Gasteiger partial charge on any atom is 0.195 e. The Bertz CT molecular complexity index is 1250. The summed E-state index contributed by atoms with van der Waals surface area (Å²) in [4.78, 5) is 26.2. The van der Waals surface area contributed by atoms with Crippen LogP contribution >= 0.6 is 0 Å². The number of hydrogen-bond donors (Lipinski definition) is 2. The number of benzene rings is 4. The number of ether oxygens (including phenoxy) is 2. The van der Waals surface area contributed by atoms with E-state index in [-0.39, 0.29) is 11.6 Å². The van der Waals surface area contributed by atoms with Crippen LogP contribution in [-0.2, 0) is 0 Å². The number of nitrogen functional groups attached to an aromatic ring is 2. The molecule has 0 bridgehead atoms. The van der Waals surface area contributed by atoms with E-state index in [1.807, 2.05) is 12.1 Å². The van der Waals surface area contributed by atoms with Crippen molar-refractivity contribution in [1.82, 2.24) is 0 Å². The zero-order chi connectivity index (χ0) is 24.2. The highest BCUT2D eigenvalue weighted by atomic mass is 16.5. The molecule has 0 aliphatic rings. The highest BCUT2D eigenvalue weighted by molar-refractivity contribution is 6.14. The Hall–Kier alpha value is -4.58. The number of methoxy groups -OCH3 is 2. The van der Waals surface area contributed by atoms with Gasteiger partial charge in [-0.05, 0) is 83.9 Å². The second kappa shape index (κ2) is 9.50. The molecule has 6 nitrogen and oxygen atoms in total.